The van der Waals surface area contributed by atoms with Crippen LogP contribution in [0, 0.1) is 6.92 Å². The van der Waals surface area contributed by atoms with Gasteiger partial charge in [-0.15, -0.1) is 0 Å². The van der Waals surface area contributed by atoms with Crippen molar-refractivity contribution < 1.29 is 30.2 Å². The minimum Gasteiger partial charge on any atom is -0.423 e. The molecule has 1 aromatic heterocycles. The van der Waals surface area contributed by atoms with Crippen LogP contribution >= 0.6 is 0 Å². The van der Waals surface area contributed by atoms with Crippen LogP contribution in [0.3, 0.4) is 0 Å². The number of fused-ring (bicyclic) bond motifs is 1. The van der Waals surface area contributed by atoms with Gasteiger partial charge in [0.05, 0.1) is 5.56 Å². The van der Waals surface area contributed by atoms with Crippen molar-refractivity contribution in [2.45, 2.75) is 18.0 Å². The Balaban J connectivity index is 2.05. The molecule has 136 valence electrons. The molecule has 3 aromatic rings. The Kier molecular flexibility index (Phi) is 4.27. The Morgan fingerprint density at radius 3 is 2.27 bits per heavy atom. The number of benzene rings is 2. The smallest absolute Gasteiger partial charge is 0.417 e. The largest absolute Gasteiger partial charge is 0.423 e. The van der Waals surface area contributed by atoms with Crippen LogP contribution in [-0.4, -0.2) is 8.42 Å². The molecule has 0 saturated heterocycles. The van der Waals surface area contributed by atoms with Crippen molar-refractivity contribution in [2.24, 2.45) is 0 Å². The average Bonchev–Trinajstić information content (AvgIpc) is 2.53. The number of aryl methyl sites for hydroxylation is 1. The Hall–Kier alpha value is -2.81. The molecule has 0 aliphatic heterocycles. The highest BCUT2D eigenvalue weighted by Gasteiger charge is 2.34. The molecular weight excluding hydrogens is 373 g/mol. The number of alkyl halides is 3. The van der Waals surface area contributed by atoms with Gasteiger partial charge in [-0.1, -0.05) is 17.7 Å². The maximum atomic E-state index is 13.0. The molecule has 0 bridgehead atoms. The minimum absolute atomic E-state index is 0.117. The predicted molar refractivity (Wildman–Crippen MR) is 86.5 cm³/mol. The first kappa shape index (κ1) is 18.0. The Labute approximate surface area is 145 Å². The van der Waals surface area contributed by atoms with E-state index in [0.29, 0.717) is 6.07 Å². The predicted octanol–water partition coefficient (Wildman–Crippen LogP) is 3.89. The number of rotatable bonds is 3. The summed E-state index contributed by atoms with van der Waals surface area (Å²) in [4.78, 5) is 11.3. The van der Waals surface area contributed by atoms with Crippen LogP contribution in [0.5, 0.6) is 5.75 Å². The molecule has 2 aromatic carbocycles. The van der Waals surface area contributed by atoms with Gasteiger partial charge in [-0.05, 0) is 31.2 Å². The lowest BCUT2D eigenvalue weighted by Gasteiger charge is -2.11. The van der Waals surface area contributed by atoms with Gasteiger partial charge in [-0.3, -0.25) is 0 Å². The van der Waals surface area contributed by atoms with E-state index >= 15 is 0 Å². The first-order chi connectivity index (χ1) is 12.1. The van der Waals surface area contributed by atoms with Crippen LogP contribution < -0.4 is 9.81 Å². The molecular formula is C17H11F3O5S. The van der Waals surface area contributed by atoms with Gasteiger partial charge in [0.15, 0.2) is 0 Å². The average molecular weight is 384 g/mol. The second-order valence-electron chi connectivity index (χ2n) is 5.49. The van der Waals surface area contributed by atoms with Gasteiger partial charge in [-0.25, -0.2) is 4.79 Å². The third-order valence-corrected chi connectivity index (χ3v) is 4.80. The van der Waals surface area contributed by atoms with Crippen molar-refractivity contribution in [3.8, 4) is 5.75 Å². The molecule has 0 aliphatic carbocycles. The lowest BCUT2D eigenvalue weighted by molar-refractivity contribution is -0.136. The molecule has 0 aliphatic rings. The molecule has 5 nitrogen and oxygen atoms in total. The van der Waals surface area contributed by atoms with E-state index < -0.39 is 33.1 Å². The molecule has 0 atom stereocenters. The highest BCUT2D eigenvalue weighted by atomic mass is 32.2. The molecule has 0 radical (unpaired) electrons. The molecule has 0 amide bonds. The Bertz CT molecular complexity index is 1130. The second kappa shape index (κ2) is 6.17. The van der Waals surface area contributed by atoms with Gasteiger partial charge in [0, 0.05) is 17.5 Å². The quantitative estimate of drug-likeness (QED) is 0.506. The summed E-state index contributed by atoms with van der Waals surface area (Å²) < 4.78 is 73.2. The van der Waals surface area contributed by atoms with E-state index in [9.17, 15) is 26.4 Å². The summed E-state index contributed by atoms with van der Waals surface area (Å²) in [6.07, 6.45) is -4.76. The van der Waals surface area contributed by atoms with E-state index in [1.165, 1.54) is 12.1 Å². The molecule has 0 unspecified atom stereocenters. The van der Waals surface area contributed by atoms with E-state index in [2.05, 4.69) is 0 Å². The van der Waals surface area contributed by atoms with Crippen molar-refractivity contribution in [1.82, 2.24) is 0 Å². The van der Waals surface area contributed by atoms with Crippen LogP contribution in [0.4, 0.5) is 13.2 Å². The van der Waals surface area contributed by atoms with Gasteiger partial charge in [0.25, 0.3) is 0 Å². The van der Waals surface area contributed by atoms with Crippen molar-refractivity contribution in [1.29, 1.82) is 0 Å². The summed E-state index contributed by atoms with van der Waals surface area (Å²) in [6.45, 7) is 1.78. The van der Waals surface area contributed by atoms with Gasteiger partial charge in [0.1, 0.15) is 16.2 Å². The molecule has 26 heavy (non-hydrogen) atoms. The summed E-state index contributed by atoms with van der Waals surface area (Å²) in [7, 11) is -4.19. The van der Waals surface area contributed by atoms with Crippen molar-refractivity contribution in [2.75, 3.05) is 0 Å². The molecule has 3 rings (SSSR count). The number of hydrogen-bond donors (Lipinski definition) is 0. The molecule has 0 spiro atoms. The van der Waals surface area contributed by atoms with Crippen LogP contribution in [-0.2, 0) is 16.3 Å². The normalized spacial score (nSPS) is 12.3. The zero-order chi connectivity index (χ0) is 19.1. The molecule has 0 fully saturated rings. The summed E-state index contributed by atoms with van der Waals surface area (Å²) in [5.41, 5.74) is -1.96. The van der Waals surface area contributed by atoms with Crippen molar-refractivity contribution in [3.63, 3.8) is 0 Å². The van der Waals surface area contributed by atoms with Crippen LogP contribution in [0.1, 0.15) is 11.1 Å². The van der Waals surface area contributed by atoms with Gasteiger partial charge >= 0.3 is 21.9 Å². The van der Waals surface area contributed by atoms with Gasteiger partial charge in [0.2, 0.25) is 0 Å². The van der Waals surface area contributed by atoms with E-state index in [0.717, 1.165) is 23.8 Å². The van der Waals surface area contributed by atoms with Crippen LogP contribution in [0.15, 0.2) is 62.6 Å². The fourth-order valence-corrected chi connectivity index (χ4v) is 3.23. The summed E-state index contributed by atoms with van der Waals surface area (Å²) in [5.74, 6) is -0.277. The standard InChI is InChI=1S/C17H11F3O5S/c1-10-2-5-12(6-3-10)26(22,23)25-11-4-7-13-14(17(18,19)20)9-16(21)24-15(13)8-11/h2-9H,1H3. The number of halogens is 3. The fourth-order valence-electron chi connectivity index (χ4n) is 2.31. The molecule has 0 saturated carbocycles. The topological polar surface area (TPSA) is 73.6 Å². The Morgan fingerprint density at radius 2 is 1.65 bits per heavy atom. The van der Waals surface area contributed by atoms with Crippen LogP contribution in [0.2, 0.25) is 0 Å². The third-order valence-electron chi connectivity index (χ3n) is 3.54. The molecule has 0 N–H and O–H groups in total. The number of hydrogen-bond acceptors (Lipinski definition) is 5. The highest BCUT2D eigenvalue weighted by Crippen LogP contribution is 2.35. The van der Waals surface area contributed by atoms with E-state index in [-0.39, 0.29) is 16.0 Å². The van der Waals surface area contributed by atoms with Crippen LogP contribution in [0.25, 0.3) is 11.0 Å². The Morgan fingerprint density at radius 1 is 1.00 bits per heavy atom. The first-order valence-corrected chi connectivity index (χ1v) is 8.63. The zero-order valence-corrected chi connectivity index (χ0v) is 14.0. The lowest BCUT2D eigenvalue weighted by Crippen LogP contribution is -2.12. The third kappa shape index (κ3) is 3.57. The fraction of sp³-hybridized carbons (Fsp3) is 0.118. The second-order valence-corrected chi connectivity index (χ2v) is 7.03. The van der Waals surface area contributed by atoms with E-state index in [4.69, 9.17) is 8.60 Å². The lowest BCUT2D eigenvalue weighted by atomic mass is 10.1. The maximum Gasteiger partial charge on any atom is 0.417 e. The van der Waals surface area contributed by atoms with E-state index in [1.54, 1.807) is 19.1 Å². The highest BCUT2D eigenvalue weighted by molar-refractivity contribution is 7.87. The monoisotopic (exact) mass is 384 g/mol. The van der Waals surface area contributed by atoms with Crippen molar-refractivity contribution >= 4 is 21.1 Å². The molecule has 1 heterocycles. The summed E-state index contributed by atoms with van der Waals surface area (Å²) in [5, 5.41) is -0.378. The zero-order valence-electron chi connectivity index (χ0n) is 13.2. The van der Waals surface area contributed by atoms with Crippen molar-refractivity contribution in [3.05, 3.63) is 70.1 Å². The first-order valence-electron chi connectivity index (χ1n) is 7.22. The van der Waals surface area contributed by atoms with Gasteiger partial charge < -0.3 is 8.60 Å². The maximum absolute atomic E-state index is 13.0. The summed E-state index contributed by atoms with van der Waals surface area (Å²) >= 11 is 0. The summed E-state index contributed by atoms with van der Waals surface area (Å²) in [6, 6.07) is 9.14. The minimum atomic E-state index is -4.76. The van der Waals surface area contributed by atoms with Gasteiger partial charge in [-0.2, -0.15) is 21.6 Å². The van der Waals surface area contributed by atoms with E-state index in [1.807, 2.05) is 0 Å². The molecule has 9 heteroatoms. The SMILES string of the molecule is Cc1ccc(S(=O)(=O)Oc2ccc3c(C(F)(F)F)cc(=O)oc3c2)cc1.